The van der Waals surface area contributed by atoms with Crippen LogP contribution in [0.5, 0.6) is 5.75 Å². The molecule has 18 heavy (non-hydrogen) atoms. The summed E-state index contributed by atoms with van der Waals surface area (Å²) < 4.78 is 6.39. The van der Waals surface area contributed by atoms with E-state index < -0.39 is 0 Å². The molecule has 4 heteroatoms. The van der Waals surface area contributed by atoms with Crippen LogP contribution in [0.2, 0.25) is 0 Å². The van der Waals surface area contributed by atoms with Gasteiger partial charge < -0.3 is 4.74 Å². The zero-order valence-corrected chi connectivity index (χ0v) is 12.6. The van der Waals surface area contributed by atoms with E-state index in [0.717, 1.165) is 15.6 Å². The highest BCUT2D eigenvalue weighted by Gasteiger charge is 2.17. The Morgan fingerprint density at radius 1 is 1.33 bits per heavy atom. The van der Waals surface area contributed by atoms with Crippen molar-refractivity contribution in [1.29, 1.82) is 0 Å². The summed E-state index contributed by atoms with van der Waals surface area (Å²) in [7, 11) is 0. The quantitative estimate of drug-likeness (QED) is 0.777. The van der Waals surface area contributed by atoms with Gasteiger partial charge in [0, 0.05) is 15.4 Å². The van der Waals surface area contributed by atoms with E-state index >= 15 is 0 Å². The van der Waals surface area contributed by atoms with Gasteiger partial charge in [-0.25, -0.2) is 0 Å². The Hall–Kier alpha value is -1.13. The number of halogens is 1. The minimum absolute atomic E-state index is 0.0125. The van der Waals surface area contributed by atoms with Gasteiger partial charge in [-0.3, -0.25) is 4.79 Å². The van der Waals surface area contributed by atoms with E-state index in [0.29, 0.717) is 17.9 Å². The second-order valence-electron chi connectivity index (χ2n) is 3.87. The number of hydrogen-bond acceptors (Lipinski definition) is 3. The lowest BCUT2D eigenvalue weighted by Crippen LogP contribution is -2.05. The molecule has 0 aliphatic heterocycles. The van der Waals surface area contributed by atoms with Crippen LogP contribution < -0.4 is 4.74 Å². The standard InChI is InChI=1S/C14H13BrO2S/c1-3-17-13-5-4-10(15)6-11(13)14(16)12-8-18-7-9(12)2/h4-8H,3H2,1-2H3. The van der Waals surface area contributed by atoms with Crippen LogP contribution in [0.15, 0.2) is 33.4 Å². The Morgan fingerprint density at radius 3 is 2.72 bits per heavy atom. The zero-order valence-electron chi connectivity index (χ0n) is 10.2. The summed E-state index contributed by atoms with van der Waals surface area (Å²) in [4.78, 5) is 12.5. The molecule has 0 atom stereocenters. The molecule has 0 amide bonds. The third-order valence-corrected chi connectivity index (χ3v) is 3.94. The molecule has 2 aromatic rings. The van der Waals surface area contributed by atoms with Crippen LogP contribution in [0.1, 0.15) is 28.4 Å². The van der Waals surface area contributed by atoms with Crippen molar-refractivity contribution in [2.24, 2.45) is 0 Å². The first kappa shape index (κ1) is 13.3. The fraction of sp³-hybridized carbons (Fsp3) is 0.214. The third kappa shape index (κ3) is 2.65. The largest absolute Gasteiger partial charge is 0.493 e. The lowest BCUT2D eigenvalue weighted by molar-refractivity contribution is 0.103. The summed E-state index contributed by atoms with van der Waals surface area (Å²) in [5.41, 5.74) is 2.36. The van der Waals surface area contributed by atoms with Crippen molar-refractivity contribution in [3.05, 3.63) is 50.1 Å². The van der Waals surface area contributed by atoms with Crippen LogP contribution in [0.25, 0.3) is 0 Å². The highest BCUT2D eigenvalue weighted by atomic mass is 79.9. The first-order valence-electron chi connectivity index (χ1n) is 5.63. The molecule has 0 saturated carbocycles. The number of ether oxygens (including phenoxy) is 1. The Balaban J connectivity index is 2.46. The smallest absolute Gasteiger partial charge is 0.197 e. The monoisotopic (exact) mass is 324 g/mol. The summed E-state index contributed by atoms with van der Waals surface area (Å²) in [5, 5.41) is 3.86. The Labute approximate surface area is 119 Å². The van der Waals surface area contributed by atoms with Crippen molar-refractivity contribution >= 4 is 33.0 Å². The van der Waals surface area contributed by atoms with Crippen molar-refractivity contribution in [3.8, 4) is 5.75 Å². The van der Waals surface area contributed by atoms with Gasteiger partial charge in [0.05, 0.1) is 12.2 Å². The van der Waals surface area contributed by atoms with Gasteiger partial charge in [-0.05, 0) is 43.0 Å². The fourth-order valence-corrected chi connectivity index (χ4v) is 2.89. The average Bonchev–Trinajstić information content (AvgIpc) is 2.77. The molecule has 1 aromatic heterocycles. The van der Waals surface area contributed by atoms with Gasteiger partial charge in [0.1, 0.15) is 5.75 Å². The molecule has 2 nitrogen and oxygen atoms in total. The van der Waals surface area contributed by atoms with Crippen LogP contribution in [0, 0.1) is 6.92 Å². The Bertz CT molecular complexity index is 575. The maximum absolute atomic E-state index is 12.5. The molecule has 0 aliphatic rings. The van der Waals surface area contributed by atoms with Gasteiger partial charge in [0.15, 0.2) is 5.78 Å². The Kier molecular flexibility index (Phi) is 4.19. The number of carbonyl (C=O) groups excluding carboxylic acids is 1. The van der Waals surface area contributed by atoms with Crippen LogP contribution >= 0.6 is 27.3 Å². The maximum Gasteiger partial charge on any atom is 0.197 e. The van der Waals surface area contributed by atoms with Crippen molar-refractivity contribution < 1.29 is 9.53 Å². The highest BCUT2D eigenvalue weighted by molar-refractivity contribution is 9.10. The van der Waals surface area contributed by atoms with E-state index in [9.17, 15) is 4.79 Å². The molecule has 1 aromatic carbocycles. The van der Waals surface area contributed by atoms with Crippen LogP contribution in [0.4, 0.5) is 0 Å². The Morgan fingerprint density at radius 2 is 2.11 bits per heavy atom. The molecule has 0 aliphatic carbocycles. The molecule has 0 spiro atoms. The molecule has 94 valence electrons. The average molecular weight is 325 g/mol. The third-order valence-electron chi connectivity index (χ3n) is 2.59. The summed E-state index contributed by atoms with van der Waals surface area (Å²) in [6.07, 6.45) is 0. The van der Waals surface area contributed by atoms with Gasteiger partial charge in [-0.1, -0.05) is 15.9 Å². The number of ketones is 1. The number of thiophene rings is 1. The summed E-state index contributed by atoms with van der Waals surface area (Å²) in [6.45, 7) is 4.40. The molecule has 0 unspecified atom stereocenters. The van der Waals surface area contributed by atoms with Gasteiger partial charge in [0.25, 0.3) is 0 Å². The minimum atomic E-state index is 0.0125. The van der Waals surface area contributed by atoms with Gasteiger partial charge in [-0.2, -0.15) is 11.3 Å². The number of rotatable bonds is 4. The normalized spacial score (nSPS) is 10.4. The van der Waals surface area contributed by atoms with Gasteiger partial charge >= 0.3 is 0 Å². The van der Waals surface area contributed by atoms with E-state index in [1.54, 1.807) is 0 Å². The number of aryl methyl sites for hydroxylation is 1. The van der Waals surface area contributed by atoms with Crippen molar-refractivity contribution in [1.82, 2.24) is 0 Å². The van der Waals surface area contributed by atoms with E-state index in [1.165, 1.54) is 11.3 Å². The molecule has 0 bridgehead atoms. The number of carbonyl (C=O) groups is 1. The van der Waals surface area contributed by atoms with Gasteiger partial charge in [-0.15, -0.1) is 0 Å². The molecular weight excluding hydrogens is 312 g/mol. The molecular formula is C14H13BrO2S. The molecule has 0 radical (unpaired) electrons. The summed E-state index contributed by atoms with van der Waals surface area (Å²) in [5.74, 6) is 0.648. The summed E-state index contributed by atoms with van der Waals surface area (Å²) >= 11 is 4.93. The maximum atomic E-state index is 12.5. The van der Waals surface area contributed by atoms with E-state index in [4.69, 9.17) is 4.74 Å². The van der Waals surface area contributed by atoms with Crippen molar-refractivity contribution in [2.45, 2.75) is 13.8 Å². The predicted octanol–water partition coefficient (Wildman–Crippen LogP) is 4.45. The summed E-state index contributed by atoms with van der Waals surface area (Å²) in [6, 6.07) is 5.51. The molecule has 0 saturated heterocycles. The topological polar surface area (TPSA) is 26.3 Å². The van der Waals surface area contributed by atoms with Crippen molar-refractivity contribution in [3.63, 3.8) is 0 Å². The molecule has 0 fully saturated rings. The van der Waals surface area contributed by atoms with Crippen molar-refractivity contribution in [2.75, 3.05) is 6.61 Å². The molecule has 2 rings (SSSR count). The van der Waals surface area contributed by atoms with E-state index in [1.807, 2.05) is 42.8 Å². The number of hydrogen-bond donors (Lipinski definition) is 0. The lowest BCUT2D eigenvalue weighted by Gasteiger charge is -2.09. The first-order chi connectivity index (χ1) is 8.63. The van der Waals surface area contributed by atoms with E-state index in [2.05, 4.69) is 15.9 Å². The zero-order chi connectivity index (χ0) is 13.1. The minimum Gasteiger partial charge on any atom is -0.493 e. The SMILES string of the molecule is CCOc1ccc(Br)cc1C(=O)c1cscc1C. The predicted molar refractivity (Wildman–Crippen MR) is 77.8 cm³/mol. The lowest BCUT2D eigenvalue weighted by atomic mass is 10.0. The van der Waals surface area contributed by atoms with Crippen LogP contribution in [-0.2, 0) is 0 Å². The first-order valence-corrected chi connectivity index (χ1v) is 7.37. The molecule has 1 heterocycles. The number of benzene rings is 1. The van der Waals surface area contributed by atoms with E-state index in [-0.39, 0.29) is 5.78 Å². The van der Waals surface area contributed by atoms with Gasteiger partial charge in [0.2, 0.25) is 0 Å². The second-order valence-corrected chi connectivity index (χ2v) is 5.53. The fourth-order valence-electron chi connectivity index (χ4n) is 1.70. The molecule has 0 N–H and O–H groups in total. The van der Waals surface area contributed by atoms with Crippen LogP contribution in [0.3, 0.4) is 0 Å². The highest BCUT2D eigenvalue weighted by Crippen LogP contribution is 2.27. The second kappa shape index (κ2) is 5.67. The van der Waals surface area contributed by atoms with Crippen LogP contribution in [-0.4, -0.2) is 12.4 Å².